The molecule has 0 saturated carbocycles. The molecule has 1 amide bonds. The van der Waals surface area contributed by atoms with E-state index in [9.17, 15) is 18.0 Å². The van der Waals surface area contributed by atoms with Crippen LogP contribution in [-0.2, 0) is 0 Å². The van der Waals surface area contributed by atoms with Gasteiger partial charge in [0, 0.05) is 18.6 Å². The quantitative estimate of drug-likeness (QED) is 0.504. The van der Waals surface area contributed by atoms with E-state index in [-0.39, 0.29) is 28.8 Å². The Labute approximate surface area is 178 Å². The fourth-order valence-electron chi connectivity index (χ4n) is 3.31. The van der Waals surface area contributed by atoms with Crippen LogP contribution < -0.4 is 10.6 Å². The highest BCUT2D eigenvalue weighted by atomic mass is 35.5. The van der Waals surface area contributed by atoms with Crippen LogP contribution in [0.2, 0.25) is 10.0 Å². The van der Waals surface area contributed by atoms with Gasteiger partial charge in [-0.15, -0.1) is 0 Å². The summed E-state index contributed by atoms with van der Waals surface area (Å²) in [6.45, 7) is 1.70. The van der Waals surface area contributed by atoms with Gasteiger partial charge < -0.3 is 9.73 Å². The molecule has 2 N–H and O–H groups in total. The van der Waals surface area contributed by atoms with Gasteiger partial charge >= 0.3 is 6.18 Å². The molecule has 3 heterocycles. The first-order chi connectivity index (χ1) is 14.1. The Kier molecular flexibility index (Phi) is 5.19. The molecule has 2 aromatic heterocycles. The Balaban J connectivity index is 1.66. The van der Waals surface area contributed by atoms with Gasteiger partial charge in [0.1, 0.15) is 11.6 Å². The molecule has 0 bridgehead atoms. The number of rotatable bonds is 3. The van der Waals surface area contributed by atoms with Crippen LogP contribution in [0.4, 0.5) is 24.9 Å². The molecule has 30 heavy (non-hydrogen) atoms. The summed E-state index contributed by atoms with van der Waals surface area (Å²) in [4.78, 5) is 12.4. The zero-order valence-corrected chi connectivity index (χ0v) is 16.9. The molecule has 6 nitrogen and oxygen atoms in total. The van der Waals surface area contributed by atoms with Crippen LogP contribution in [0.1, 0.15) is 40.3 Å². The zero-order valence-electron chi connectivity index (χ0n) is 15.4. The summed E-state index contributed by atoms with van der Waals surface area (Å²) >= 11 is 11.9. The van der Waals surface area contributed by atoms with E-state index >= 15 is 0 Å². The van der Waals surface area contributed by atoms with E-state index in [0.717, 1.165) is 4.68 Å². The third-order valence-corrected chi connectivity index (χ3v) is 5.48. The molecule has 1 aliphatic rings. The minimum absolute atomic E-state index is 0.0698. The van der Waals surface area contributed by atoms with E-state index in [1.807, 2.05) is 0 Å². The fraction of sp³-hybridized carbons (Fsp3) is 0.263. The van der Waals surface area contributed by atoms with Gasteiger partial charge in [0.25, 0.3) is 5.91 Å². The molecule has 11 heteroatoms. The highest BCUT2D eigenvalue weighted by Gasteiger charge is 2.46. The van der Waals surface area contributed by atoms with Gasteiger partial charge in [-0.25, -0.2) is 4.68 Å². The summed E-state index contributed by atoms with van der Waals surface area (Å²) < 4.78 is 47.3. The molecule has 0 radical (unpaired) electrons. The van der Waals surface area contributed by atoms with Crippen molar-refractivity contribution in [3.05, 3.63) is 63.5 Å². The van der Waals surface area contributed by atoms with Crippen molar-refractivity contribution >= 4 is 40.8 Å². The van der Waals surface area contributed by atoms with Crippen molar-refractivity contribution in [2.24, 2.45) is 0 Å². The normalized spacial score (nSPS) is 18.6. The number of hydrogen-bond acceptors (Lipinski definition) is 4. The third-order valence-electron chi connectivity index (χ3n) is 4.75. The van der Waals surface area contributed by atoms with E-state index in [4.69, 9.17) is 27.6 Å². The van der Waals surface area contributed by atoms with Crippen molar-refractivity contribution in [1.29, 1.82) is 0 Å². The van der Waals surface area contributed by atoms with Crippen LogP contribution in [0.15, 0.2) is 40.8 Å². The first-order valence-electron chi connectivity index (χ1n) is 8.87. The van der Waals surface area contributed by atoms with Gasteiger partial charge in [-0.05, 0) is 30.7 Å². The molecule has 158 valence electrons. The molecule has 3 aromatic rings. The Morgan fingerprint density at radius 2 is 2.00 bits per heavy atom. The Bertz CT molecular complexity index is 1110. The predicted molar refractivity (Wildman–Crippen MR) is 106 cm³/mol. The summed E-state index contributed by atoms with van der Waals surface area (Å²) in [5.41, 5.74) is 0.374. The number of aromatic nitrogens is 2. The molecular formula is C19H15Cl2F3N4O2. The lowest BCUT2D eigenvalue weighted by atomic mass is 9.97. The lowest BCUT2D eigenvalue weighted by Crippen LogP contribution is -2.35. The fourth-order valence-corrected chi connectivity index (χ4v) is 3.62. The summed E-state index contributed by atoms with van der Waals surface area (Å²) in [5.74, 6) is 0.149. The van der Waals surface area contributed by atoms with Gasteiger partial charge in [0.05, 0.1) is 16.1 Å². The molecular weight excluding hydrogens is 444 g/mol. The number of aryl methyl sites for hydroxylation is 1. The Hall–Kier alpha value is -2.65. The smallest absolute Gasteiger partial charge is 0.410 e. The number of nitrogens with one attached hydrogen (secondary N) is 2. The van der Waals surface area contributed by atoms with Crippen LogP contribution in [0, 0.1) is 6.92 Å². The van der Waals surface area contributed by atoms with Crippen molar-refractivity contribution in [1.82, 2.24) is 9.78 Å². The minimum Gasteiger partial charge on any atom is -0.446 e. The maximum atomic E-state index is 13.8. The molecule has 2 unspecified atom stereocenters. The number of carbonyl (C=O) groups is 1. The second kappa shape index (κ2) is 7.55. The molecule has 1 aromatic carbocycles. The molecule has 0 saturated heterocycles. The van der Waals surface area contributed by atoms with Crippen molar-refractivity contribution in [3.63, 3.8) is 0 Å². The number of halogens is 5. The number of anilines is 2. The summed E-state index contributed by atoms with van der Waals surface area (Å²) in [7, 11) is 0. The average molecular weight is 459 g/mol. The van der Waals surface area contributed by atoms with Gasteiger partial charge in [-0.3, -0.25) is 10.1 Å². The van der Waals surface area contributed by atoms with E-state index < -0.39 is 24.2 Å². The van der Waals surface area contributed by atoms with Gasteiger partial charge in [-0.1, -0.05) is 29.3 Å². The first-order valence-corrected chi connectivity index (χ1v) is 9.63. The number of nitrogens with zero attached hydrogens (tertiary/aromatic N) is 2. The Morgan fingerprint density at radius 3 is 2.63 bits per heavy atom. The van der Waals surface area contributed by atoms with Crippen LogP contribution in [0.5, 0.6) is 0 Å². The lowest BCUT2D eigenvalue weighted by molar-refractivity contribution is -0.173. The zero-order chi connectivity index (χ0) is 21.6. The summed E-state index contributed by atoms with van der Waals surface area (Å²) in [5, 5.41) is 9.92. The van der Waals surface area contributed by atoms with Crippen molar-refractivity contribution < 1.29 is 22.4 Å². The van der Waals surface area contributed by atoms with E-state index in [1.165, 1.54) is 18.2 Å². The number of alkyl halides is 3. The molecule has 0 fully saturated rings. The second-order valence-electron chi connectivity index (χ2n) is 6.89. The maximum absolute atomic E-state index is 13.8. The summed E-state index contributed by atoms with van der Waals surface area (Å²) in [6, 6.07) is 6.51. The number of hydrogen-bond donors (Lipinski definition) is 2. The molecule has 1 aliphatic heterocycles. The average Bonchev–Trinajstić information content (AvgIpc) is 3.28. The van der Waals surface area contributed by atoms with Crippen LogP contribution in [0.25, 0.3) is 0 Å². The highest BCUT2D eigenvalue weighted by molar-refractivity contribution is 6.42. The minimum atomic E-state index is -4.57. The number of benzene rings is 1. The second-order valence-corrected chi connectivity index (χ2v) is 7.70. The van der Waals surface area contributed by atoms with E-state index in [2.05, 4.69) is 15.7 Å². The number of furan rings is 1. The van der Waals surface area contributed by atoms with Crippen molar-refractivity contribution in [2.45, 2.75) is 31.6 Å². The topological polar surface area (TPSA) is 72.1 Å². The SMILES string of the molecule is Cc1ccc(NC(=O)c2cc3n(n2)C(C(F)(F)F)CC(c2ccc(Cl)c(Cl)c2)N3)o1. The first kappa shape index (κ1) is 20.6. The van der Waals surface area contributed by atoms with Gasteiger partial charge in [0.2, 0.25) is 0 Å². The van der Waals surface area contributed by atoms with E-state index in [0.29, 0.717) is 16.3 Å². The number of amides is 1. The highest BCUT2D eigenvalue weighted by Crippen LogP contribution is 2.44. The van der Waals surface area contributed by atoms with Crippen LogP contribution in [-0.4, -0.2) is 21.9 Å². The predicted octanol–water partition coefficient (Wildman–Crippen LogP) is 6.00. The maximum Gasteiger partial charge on any atom is 0.410 e. The number of carbonyl (C=O) groups excluding carboxylic acids is 1. The van der Waals surface area contributed by atoms with Crippen molar-refractivity contribution in [2.75, 3.05) is 10.6 Å². The number of fused-ring (bicyclic) bond motifs is 1. The molecule has 0 spiro atoms. The third kappa shape index (κ3) is 3.99. The van der Waals surface area contributed by atoms with Crippen LogP contribution >= 0.6 is 23.2 Å². The van der Waals surface area contributed by atoms with E-state index in [1.54, 1.807) is 25.1 Å². The van der Waals surface area contributed by atoms with Crippen molar-refractivity contribution in [3.8, 4) is 0 Å². The van der Waals surface area contributed by atoms with Crippen LogP contribution in [0.3, 0.4) is 0 Å². The standard InChI is InChI=1S/C19H15Cl2F3N4O2/c1-9-2-5-17(30-9)26-18(29)14-8-16-25-13(10-3-4-11(20)12(21)6-10)7-15(19(22,23)24)28(16)27-14/h2-6,8,13,15,25H,7H2,1H3,(H,26,29). The molecule has 0 aliphatic carbocycles. The Morgan fingerprint density at radius 1 is 1.23 bits per heavy atom. The lowest BCUT2D eigenvalue weighted by Gasteiger charge is -2.33. The summed E-state index contributed by atoms with van der Waals surface area (Å²) in [6.07, 6.45) is -4.89. The molecule has 4 rings (SSSR count). The molecule has 2 atom stereocenters. The monoisotopic (exact) mass is 458 g/mol. The van der Waals surface area contributed by atoms with Gasteiger partial charge in [0.15, 0.2) is 17.6 Å². The van der Waals surface area contributed by atoms with Gasteiger partial charge in [-0.2, -0.15) is 18.3 Å². The largest absolute Gasteiger partial charge is 0.446 e.